The molecule has 0 atom stereocenters. The van der Waals surface area contributed by atoms with E-state index >= 15 is 0 Å². The average Bonchev–Trinajstić information content (AvgIpc) is 2.39. The van der Waals surface area contributed by atoms with Crippen LogP contribution in [0.2, 0.25) is 0 Å². The van der Waals surface area contributed by atoms with Gasteiger partial charge in [-0.2, -0.15) is 8.42 Å². The Labute approximate surface area is 113 Å². The minimum absolute atomic E-state index is 0.0750. The molecule has 2 aromatic rings. The van der Waals surface area contributed by atoms with Crippen molar-refractivity contribution >= 4 is 10.1 Å². The fraction of sp³-hybridized carbons (Fsp3) is 0.200. The van der Waals surface area contributed by atoms with Crippen LogP contribution in [-0.4, -0.2) is 13.0 Å². The molecule has 2 aromatic carbocycles. The molecule has 0 radical (unpaired) electrons. The molecule has 0 fully saturated rings. The molecule has 2 rings (SSSR count). The highest BCUT2D eigenvalue weighted by Crippen LogP contribution is 2.32. The van der Waals surface area contributed by atoms with Crippen LogP contribution >= 0.6 is 0 Å². The van der Waals surface area contributed by atoms with Crippen LogP contribution in [0.4, 0.5) is 0 Å². The predicted molar refractivity (Wildman–Crippen MR) is 74.8 cm³/mol. The van der Waals surface area contributed by atoms with Gasteiger partial charge < -0.3 is 0 Å². The van der Waals surface area contributed by atoms with E-state index in [1.165, 1.54) is 12.1 Å². The van der Waals surface area contributed by atoms with E-state index in [0.29, 0.717) is 0 Å². The van der Waals surface area contributed by atoms with Gasteiger partial charge in [0.2, 0.25) is 0 Å². The Morgan fingerprint density at radius 3 is 2.05 bits per heavy atom. The van der Waals surface area contributed by atoms with Crippen LogP contribution in [0.15, 0.2) is 59.5 Å². The molecule has 0 bridgehead atoms. The average molecular weight is 276 g/mol. The van der Waals surface area contributed by atoms with Crippen molar-refractivity contribution in [3.05, 3.63) is 65.7 Å². The van der Waals surface area contributed by atoms with Crippen LogP contribution in [0.25, 0.3) is 0 Å². The van der Waals surface area contributed by atoms with Gasteiger partial charge in [0.15, 0.2) is 0 Å². The predicted octanol–water partition coefficient (Wildman–Crippen LogP) is 3.26. The van der Waals surface area contributed by atoms with Gasteiger partial charge in [0.25, 0.3) is 10.1 Å². The highest BCUT2D eigenvalue weighted by Gasteiger charge is 2.24. The number of rotatable bonds is 3. The lowest BCUT2D eigenvalue weighted by atomic mass is 9.78. The summed E-state index contributed by atoms with van der Waals surface area (Å²) in [6.45, 7) is 4.04. The molecule has 4 heteroatoms. The summed E-state index contributed by atoms with van der Waals surface area (Å²) in [5.41, 5.74) is 1.60. The van der Waals surface area contributed by atoms with Gasteiger partial charge in [-0.25, -0.2) is 0 Å². The van der Waals surface area contributed by atoms with Gasteiger partial charge in [-0.1, -0.05) is 56.3 Å². The first-order valence-corrected chi connectivity index (χ1v) is 7.39. The zero-order chi connectivity index (χ0) is 14.1. The molecule has 0 saturated carbocycles. The van der Waals surface area contributed by atoms with E-state index in [4.69, 9.17) is 4.55 Å². The van der Waals surface area contributed by atoms with Gasteiger partial charge in [-0.3, -0.25) is 4.55 Å². The van der Waals surface area contributed by atoms with Crippen molar-refractivity contribution in [2.45, 2.75) is 24.2 Å². The first-order valence-electron chi connectivity index (χ1n) is 5.95. The first kappa shape index (κ1) is 13.8. The van der Waals surface area contributed by atoms with E-state index in [0.717, 1.165) is 11.1 Å². The monoisotopic (exact) mass is 276 g/mol. The van der Waals surface area contributed by atoms with Gasteiger partial charge in [0, 0.05) is 5.41 Å². The molecule has 0 aliphatic heterocycles. The quantitative estimate of drug-likeness (QED) is 0.875. The summed E-state index contributed by atoms with van der Waals surface area (Å²) < 4.78 is 31.5. The zero-order valence-corrected chi connectivity index (χ0v) is 11.7. The van der Waals surface area contributed by atoms with Crippen LogP contribution in [0.5, 0.6) is 0 Å². The van der Waals surface area contributed by atoms with Crippen molar-refractivity contribution in [1.82, 2.24) is 0 Å². The molecule has 0 spiro atoms. The zero-order valence-electron chi connectivity index (χ0n) is 10.9. The summed E-state index contributed by atoms with van der Waals surface area (Å²) in [6, 6.07) is 16.2. The first-order chi connectivity index (χ1) is 8.82. The van der Waals surface area contributed by atoms with Crippen molar-refractivity contribution in [2.24, 2.45) is 0 Å². The molecule has 0 aliphatic rings. The maximum atomic E-state index is 11.2. The molecule has 0 aliphatic carbocycles. The lowest BCUT2D eigenvalue weighted by Crippen LogP contribution is -2.19. The fourth-order valence-corrected chi connectivity index (χ4v) is 2.59. The Morgan fingerprint density at radius 1 is 0.895 bits per heavy atom. The largest absolute Gasteiger partial charge is 0.294 e. The summed E-state index contributed by atoms with van der Waals surface area (Å²) in [5.74, 6) is 0. The summed E-state index contributed by atoms with van der Waals surface area (Å²) in [7, 11) is -4.17. The standard InChI is InChI=1S/C15H16O3S/c1-15(2,12-7-4-3-5-8-12)13-9-6-10-14(11-13)19(16,17)18/h3-11H,1-2H3,(H,16,17,18). The molecule has 19 heavy (non-hydrogen) atoms. The Hall–Kier alpha value is -1.65. The summed E-state index contributed by atoms with van der Waals surface area (Å²) in [4.78, 5) is -0.0750. The van der Waals surface area contributed by atoms with Crippen LogP contribution in [0, 0.1) is 0 Å². The molecule has 0 saturated heterocycles. The van der Waals surface area contributed by atoms with Crippen LogP contribution in [-0.2, 0) is 15.5 Å². The maximum Gasteiger partial charge on any atom is 0.294 e. The Bertz CT molecular complexity index is 674. The number of benzene rings is 2. The number of hydrogen-bond acceptors (Lipinski definition) is 2. The Balaban J connectivity index is 2.53. The van der Waals surface area contributed by atoms with Gasteiger partial charge in [-0.15, -0.1) is 0 Å². The highest BCUT2D eigenvalue weighted by molar-refractivity contribution is 7.85. The third-order valence-corrected chi connectivity index (χ3v) is 4.20. The molecule has 0 aromatic heterocycles. The van der Waals surface area contributed by atoms with E-state index in [2.05, 4.69) is 0 Å². The Morgan fingerprint density at radius 2 is 1.47 bits per heavy atom. The highest BCUT2D eigenvalue weighted by atomic mass is 32.2. The molecule has 0 unspecified atom stereocenters. The van der Waals surface area contributed by atoms with Gasteiger partial charge >= 0.3 is 0 Å². The summed E-state index contributed by atoms with van der Waals surface area (Å²) in [5, 5.41) is 0. The van der Waals surface area contributed by atoms with Crippen molar-refractivity contribution < 1.29 is 13.0 Å². The third kappa shape index (κ3) is 2.85. The summed E-state index contributed by atoms with van der Waals surface area (Å²) >= 11 is 0. The lowest BCUT2D eigenvalue weighted by molar-refractivity contribution is 0.482. The topological polar surface area (TPSA) is 54.4 Å². The van der Waals surface area contributed by atoms with Gasteiger partial charge in [-0.05, 0) is 23.3 Å². The second-order valence-corrected chi connectivity index (χ2v) is 6.42. The second-order valence-electron chi connectivity index (χ2n) is 4.99. The van der Waals surface area contributed by atoms with Crippen LogP contribution < -0.4 is 0 Å². The number of hydrogen-bond donors (Lipinski definition) is 1. The van der Waals surface area contributed by atoms with E-state index < -0.39 is 10.1 Å². The smallest absolute Gasteiger partial charge is 0.282 e. The molecule has 0 amide bonds. The molecular weight excluding hydrogens is 260 g/mol. The van der Waals surface area contributed by atoms with Crippen molar-refractivity contribution in [3.63, 3.8) is 0 Å². The molecular formula is C15H16O3S. The molecule has 100 valence electrons. The van der Waals surface area contributed by atoms with Crippen molar-refractivity contribution in [2.75, 3.05) is 0 Å². The second kappa shape index (κ2) is 4.79. The maximum absolute atomic E-state index is 11.2. The fourth-order valence-electron chi connectivity index (χ4n) is 2.07. The van der Waals surface area contributed by atoms with E-state index in [9.17, 15) is 8.42 Å². The minimum atomic E-state index is -4.17. The molecule has 1 N–H and O–H groups in total. The van der Waals surface area contributed by atoms with Crippen LogP contribution in [0.3, 0.4) is 0 Å². The lowest BCUT2D eigenvalue weighted by Gasteiger charge is -2.26. The van der Waals surface area contributed by atoms with Crippen LogP contribution in [0.1, 0.15) is 25.0 Å². The van der Waals surface area contributed by atoms with Gasteiger partial charge in [0.1, 0.15) is 0 Å². The van der Waals surface area contributed by atoms with Gasteiger partial charge in [0.05, 0.1) is 4.90 Å². The molecule has 3 nitrogen and oxygen atoms in total. The SMILES string of the molecule is CC(C)(c1ccccc1)c1cccc(S(=O)(=O)O)c1. The minimum Gasteiger partial charge on any atom is -0.282 e. The Kier molecular flexibility index (Phi) is 3.47. The van der Waals surface area contributed by atoms with E-state index in [-0.39, 0.29) is 10.3 Å². The normalized spacial score (nSPS) is 12.4. The summed E-state index contributed by atoms with van der Waals surface area (Å²) in [6.07, 6.45) is 0. The van der Waals surface area contributed by atoms with Crippen molar-refractivity contribution in [1.29, 1.82) is 0 Å². The van der Waals surface area contributed by atoms with E-state index in [1.807, 2.05) is 50.2 Å². The van der Waals surface area contributed by atoms with Crippen molar-refractivity contribution in [3.8, 4) is 0 Å². The third-order valence-electron chi connectivity index (χ3n) is 3.35. The van der Waals surface area contributed by atoms with E-state index in [1.54, 1.807) is 6.07 Å². The molecule has 0 heterocycles.